The van der Waals surface area contributed by atoms with Gasteiger partial charge in [-0.2, -0.15) is 4.98 Å². The zero-order valence-electron chi connectivity index (χ0n) is 8.90. The molecule has 0 amide bonds. The monoisotopic (exact) mass is 288 g/mol. The van der Waals surface area contributed by atoms with Crippen molar-refractivity contribution in [3.05, 3.63) is 41.0 Å². The van der Waals surface area contributed by atoms with E-state index in [4.69, 9.17) is 27.7 Å². The van der Waals surface area contributed by atoms with Crippen molar-refractivity contribution in [2.75, 3.05) is 5.88 Å². The van der Waals surface area contributed by atoms with Crippen LogP contribution in [0.4, 0.5) is 0 Å². The van der Waals surface area contributed by atoms with Gasteiger partial charge >= 0.3 is 0 Å². The van der Waals surface area contributed by atoms with Crippen molar-refractivity contribution in [1.82, 2.24) is 10.1 Å². The van der Waals surface area contributed by atoms with Gasteiger partial charge in [-0.15, -0.1) is 23.4 Å². The summed E-state index contributed by atoms with van der Waals surface area (Å²) in [7, 11) is 0. The Hall–Kier alpha value is -0.710. The summed E-state index contributed by atoms with van der Waals surface area (Å²) in [5.41, 5.74) is 0. The highest BCUT2D eigenvalue weighted by molar-refractivity contribution is 7.98. The van der Waals surface area contributed by atoms with Crippen LogP contribution in [0.3, 0.4) is 0 Å². The van der Waals surface area contributed by atoms with Crippen LogP contribution < -0.4 is 0 Å². The first-order chi connectivity index (χ1) is 8.28. The second-order valence-corrected chi connectivity index (χ2v) is 5.15. The Kier molecular flexibility index (Phi) is 4.71. The molecule has 0 atom stereocenters. The normalized spacial score (nSPS) is 10.7. The van der Waals surface area contributed by atoms with Gasteiger partial charge in [-0.25, -0.2) is 0 Å². The maximum Gasteiger partial charge on any atom is 0.227 e. The Morgan fingerprint density at radius 3 is 2.71 bits per heavy atom. The lowest BCUT2D eigenvalue weighted by Crippen LogP contribution is -1.87. The molecular weight excluding hydrogens is 279 g/mol. The molecule has 0 aliphatic rings. The molecule has 0 aliphatic heterocycles. The van der Waals surface area contributed by atoms with E-state index in [2.05, 4.69) is 10.1 Å². The molecule has 1 aromatic heterocycles. The molecule has 0 unspecified atom stereocenters. The van der Waals surface area contributed by atoms with E-state index in [1.54, 1.807) is 11.8 Å². The Labute approximate surface area is 113 Å². The van der Waals surface area contributed by atoms with Gasteiger partial charge in [0.1, 0.15) is 0 Å². The lowest BCUT2D eigenvalue weighted by Gasteiger charge is -1.97. The third-order valence-corrected chi connectivity index (χ3v) is 3.45. The second kappa shape index (κ2) is 6.28. The first-order valence-corrected chi connectivity index (χ1v) is 6.93. The number of aromatic nitrogens is 2. The molecule has 3 nitrogen and oxygen atoms in total. The molecule has 0 saturated heterocycles. The van der Waals surface area contributed by atoms with E-state index in [9.17, 15) is 0 Å². The Bertz CT molecular complexity index is 473. The highest BCUT2D eigenvalue weighted by Crippen LogP contribution is 2.23. The van der Waals surface area contributed by atoms with Crippen LogP contribution in [0, 0.1) is 0 Å². The van der Waals surface area contributed by atoms with E-state index < -0.39 is 0 Å². The van der Waals surface area contributed by atoms with E-state index in [1.165, 1.54) is 0 Å². The summed E-state index contributed by atoms with van der Waals surface area (Å²) >= 11 is 13.0. The third-order valence-electron chi connectivity index (χ3n) is 2.00. The van der Waals surface area contributed by atoms with Crippen LogP contribution in [0.25, 0.3) is 0 Å². The number of benzene rings is 1. The SMILES string of the molecule is ClCCc1nc(CSc2ccc(Cl)cc2)no1. The molecule has 0 aliphatic carbocycles. The van der Waals surface area contributed by atoms with E-state index in [-0.39, 0.29) is 0 Å². The summed E-state index contributed by atoms with van der Waals surface area (Å²) < 4.78 is 5.03. The zero-order chi connectivity index (χ0) is 12.1. The molecule has 1 aromatic carbocycles. The molecule has 1 heterocycles. The minimum Gasteiger partial charge on any atom is -0.339 e. The smallest absolute Gasteiger partial charge is 0.227 e. The molecule has 2 rings (SSSR count). The Morgan fingerprint density at radius 2 is 2.00 bits per heavy atom. The van der Waals surface area contributed by atoms with Gasteiger partial charge in [-0.05, 0) is 24.3 Å². The number of thioether (sulfide) groups is 1. The first-order valence-electron chi connectivity index (χ1n) is 5.04. The van der Waals surface area contributed by atoms with Crippen LogP contribution in [0.2, 0.25) is 5.02 Å². The average molecular weight is 289 g/mol. The third kappa shape index (κ3) is 3.91. The highest BCUT2D eigenvalue weighted by atomic mass is 35.5. The van der Waals surface area contributed by atoms with Gasteiger partial charge < -0.3 is 4.52 Å². The second-order valence-electron chi connectivity index (χ2n) is 3.29. The van der Waals surface area contributed by atoms with Crippen LogP contribution in [-0.4, -0.2) is 16.0 Å². The molecule has 17 heavy (non-hydrogen) atoms. The lowest BCUT2D eigenvalue weighted by atomic mass is 10.4. The predicted octanol–water partition coefficient (Wildman–Crippen LogP) is 3.80. The highest BCUT2D eigenvalue weighted by Gasteiger charge is 2.06. The van der Waals surface area contributed by atoms with Crippen molar-refractivity contribution >= 4 is 35.0 Å². The van der Waals surface area contributed by atoms with Crippen LogP contribution >= 0.6 is 35.0 Å². The fourth-order valence-corrected chi connectivity index (χ4v) is 2.24. The summed E-state index contributed by atoms with van der Waals surface area (Å²) in [5.74, 6) is 2.44. The molecule has 0 spiro atoms. The van der Waals surface area contributed by atoms with Gasteiger partial charge in [0.05, 0.1) is 5.75 Å². The number of nitrogens with zero attached hydrogens (tertiary/aromatic N) is 2. The summed E-state index contributed by atoms with van der Waals surface area (Å²) in [6.07, 6.45) is 0.611. The van der Waals surface area contributed by atoms with Gasteiger partial charge in [-0.3, -0.25) is 0 Å². The molecule has 0 bridgehead atoms. The van der Waals surface area contributed by atoms with E-state index in [0.717, 1.165) is 9.92 Å². The summed E-state index contributed by atoms with van der Waals surface area (Å²) in [6.45, 7) is 0. The van der Waals surface area contributed by atoms with Gasteiger partial charge in [-0.1, -0.05) is 16.8 Å². The van der Waals surface area contributed by atoms with E-state index in [0.29, 0.717) is 29.8 Å². The van der Waals surface area contributed by atoms with Crippen molar-refractivity contribution in [3.63, 3.8) is 0 Å². The van der Waals surface area contributed by atoms with E-state index >= 15 is 0 Å². The van der Waals surface area contributed by atoms with Gasteiger partial charge in [0.15, 0.2) is 5.82 Å². The van der Waals surface area contributed by atoms with Crippen molar-refractivity contribution in [2.45, 2.75) is 17.1 Å². The number of aryl methyl sites for hydroxylation is 1. The standard InChI is InChI=1S/C11H10Cl2N2OS/c12-6-5-11-14-10(15-16-11)7-17-9-3-1-8(13)2-4-9/h1-4H,5-7H2. The lowest BCUT2D eigenvalue weighted by molar-refractivity contribution is 0.378. The van der Waals surface area contributed by atoms with Crippen molar-refractivity contribution in [3.8, 4) is 0 Å². The van der Waals surface area contributed by atoms with Crippen LogP contribution in [-0.2, 0) is 12.2 Å². The molecule has 90 valence electrons. The molecular formula is C11H10Cl2N2OS. The number of hydrogen-bond donors (Lipinski definition) is 0. The minimum atomic E-state index is 0.492. The predicted molar refractivity (Wildman–Crippen MR) is 69.7 cm³/mol. The van der Waals surface area contributed by atoms with Gasteiger partial charge in [0.2, 0.25) is 5.89 Å². The topological polar surface area (TPSA) is 38.9 Å². The maximum absolute atomic E-state index is 5.81. The van der Waals surface area contributed by atoms with Crippen molar-refractivity contribution in [1.29, 1.82) is 0 Å². The fraction of sp³-hybridized carbons (Fsp3) is 0.273. The molecule has 0 saturated carbocycles. The molecule has 0 fully saturated rings. The largest absolute Gasteiger partial charge is 0.339 e. The van der Waals surface area contributed by atoms with Crippen molar-refractivity contribution < 1.29 is 4.52 Å². The molecule has 0 N–H and O–H groups in total. The summed E-state index contributed by atoms with van der Waals surface area (Å²) in [4.78, 5) is 5.35. The summed E-state index contributed by atoms with van der Waals surface area (Å²) in [5, 5.41) is 4.61. The number of hydrogen-bond acceptors (Lipinski definition) is 4. The fourth-order valence-electron chi connectivity index (χ4n) is 1.21. The van der Waals surface area contributed by atoms with Gasteiger partial charge in [0, 0.05) is 22.2 Å². The molecule has 6 heteroatoms. The van der Waals surface area contributed by atoms with Gasteiger partial charge in [0.25, 0.3) is 0 Å². The quantitative estimate of drug-likeness (QED) is 0.620. The van der Waals surface area contributed by atoms with Crippen LogP contribution in [0.15, 0.2) is 33.7 Å². The number of rotatable bonds is 5. The number of alkyl halides is 1. The van der Waals surface area contributed by atoms with Crippen molar-refractivity contribution in [2.24, 2.45) is 0 Å². The first kappa shape index (κ1) is 12.7. The van der Waals surface area contributed by atoms with Crippen LogP contribution in [0.5, 0.6) is 0 Å². The van der Waals surface area contributed by atoms with E-state index in [1.807, 2.05) is 24.3 Å². The zero-order valence-corrected chi connectivity index (χ0v) is 11.2. The van der Waals surface area contributed by atoms with Crippen LogP contribution in [0.1, 0.15) is 11.7 Å². The molecule has 0 radical (unpaired) electrons. The maximum atomic E-state index is 5.81. The number of halogens is 2. The summed E-state index contributed by atoms with van der Waals surface area (Å²) in [6, 6.07) is 7.65. The Balaban J connectivity index is 1.90. The molecule has 2 aromatic rings. The average Bonchev–Trinajstić information content (AvgIpc) is 2.77. The minimum absolute atomic E-state index is 0.492. The Morgan fingerprint density at radius 1 is 1.24 bits per heavy atom.